The number of rotatable bonds is 6. The summed E-state index contributed by atoms with van der Waals surface area (Å²) in [6.45, 7) is 25.2. The van der Waals surface area contributed by atoms with Crippen LogP contribution in [0.15, 0.2) is 12.1 Å². The zero-order chi connectivity index (χ0) is 22.0. The third-order valence-electron chi connectivity index (χ3n) is 3.71. The lowest BCUT2D eigenvalue weighted by atomic mass is 9.81. The first kappa shape index (κ1) is 25.6. The molecule has 0 amide bonds. The fraction of sp³-hybridized carbons (Fsp3) is 0.727. The molecular weight excluding hydrogens is 390 g/mol. The van der Waals surface area contributed by atoms with Crippen molar-refractivity contribution < 1.29 is 18.1 Å². The van der Waals surface area contributed by atoms with Crippen molar-refractivity contribution in [1.29, 1.82) is 0 Å². The molecule has 162 valence electrons. The molecule has 0 aliphatic rings. The average Bonchev–Trinajstić information content (AvgIpc) is 2.43. The van der Waals surface area contributed by atoms with Crippen LogP contribution in [0.2, 0.25) is 0 Å². The standard InChI is InChI=1S/C22H40O4P2/c1-19(2,3)15-13-14-16(20(4,5)6)18(24-28-26-22(10,11)12)17(15)23-27-25-21(7,8)9/h13-14,27-28H,1-12H3. The molecule has 0 radical (unpaired) electrons. The Balaban J connectivity index is 3.40. The zero-order valence-electron chi connectivity index (χ0n) is 19.8. The van der Waals surface area contributed by atoms with Crippen molar-refractivity contribution in [3.05, 3.63) is 23.3 Å². The molecule has 1 rings (SSSR count). The monoisotopic (exact) mass is 430 g/mol. The minimum atomic E-state index is -0.264. The molecule has 2 atom stereocenters. The summed E-state index contributed by atoms with van der Waals surface area (Å²) in [6, 6.07) is 4.30. The Hall–Kier alpha value is -0.400. The maximum absolute atomic E-state index is 6.22. The highest BCUT2D eigenvalue weighted by Crippen LogP contribution is 2.49. The molecule has 0 saturated heterocycles. The first-order valence-corrected chi connectivity index (χ1v) is 11.4. The normalized spacial score (nSPS) is 14.4. The van der Waals surface area contributed by atoms with Crippen LogP contribution in [0.5, 0.6) is 11.5 Å². The van der Waals surface area contributed by atoms with Gasteiger partial charge in [0.2, 0.25) is 18.1 Å². The molecule has 28 heavy (non-hydrogen) atoms. The van der Waals surface area contributed by atoms with Crippen LogP contribution in [0, 0.1) is 0 Å². The van der Waals surface area contributed by atoms with Gasteiger partial charge in [-0.2, -0.15) is 0 Å². The van der Waals surface area contributed by atoms with E-state index < -0.39 is 0 Å². The molecular formula is C22H40O4P2. The summed E-state index contributed by atoms with van der Waals surface area (Å²) in [5, 5.41) is 0. The highest BCUT2D eigenvalue weighted by molar-refractivity contribution is 7.27. The van der Waals surface area contributed by atoms with Crippen molar-refractivity contribution in [2.24, 2.45) is 0 Å². The number of hydrogen-bond donors (Lipinski definition) is 0. The van der Waals surface area contributed by atoms with E-state index in [0.29, 0.717) is 0 Å². The van der Waals surface area contributed by atoms with Crippen molar-refractivity contribution in [3.63, 3.8) is 0 Å². The summed E-state index contributed by atoms with van der Waals surface area (Å²) in [7, 11) is -0.222. The summed E-state index contributed by atoms with van der Waals surface area (Å²) in [6.07, 6.45) is 0. The van der Waals surface area contributed by atoms with Crippen LogP contribution in [-0.4, -0.2) is 11.2 Å². The van der Waals surface area contributed by atoms with Gasteiger partial charge in [-0.25, -0.2) is 0 Å². The van der Waals surface area contributed by atoms with Crippen LogP contribution in [0.25, 0.3) is 0 Å². The second-order valence-electron chi connectivity index (χ2n) is 11.1. The number of benzene rings is 1. The van der Waals surface area contributed by atoms with Gasteiger partial charge in [0, 0.05) is 11.1 Å². The molecule has 1 aromatic carbocycles. The smallest absolute Gasteiger partial charge is 0.216 e. The SMILES string of the molecule is CC(C)(C)OPOc1c(C(C)(C)C)ccc(C(C)(C)C)c1OPOC(C)(C)C. The van der Waals surface area contributed by atoms with Crippen molar-refractivity contribution in [2.75, 3.05) is 0 Å². The van der Waals surface area contributed by atoms with E-state index in [1.165, 1.54) is 0 Å². The first-order valence-electron chi connectivity index (χ1n) is 9.79. The largest absolute Gasteiger partial charge is 0.445 e. The molecule has 0 bridgehead atoms. The molecule has 6 heteroatoms. The quantitative estimate of drug-likeness (QED) is 0.434. The number of hydrogen-bond acceptors (Lipinski definition) is 4. The van der Waals surface area contributed by atoms with E-state index in [0.717, 1.165) is 22.6 Å². The molecule has 2 unspecified atom stereocenters. The Labute approximate surface area is 176 Å². The molecule has 1 aromatic rings. The Morgan fingerprint density at radius 1 is 0.536 bits per heavy atom. The Morgan fingerprint density at radius 2 is 0.821 bits per heavy atom. The maximum atomic E-state index is 6.22. The lowest BCUT2D eigenvalue weighted by molar-refractivity contribution is 0.140. The maximum Gasteiger partial charge on any atom is 0.216 e. The average molecular weight is 431 g/mol. The predicted molar refractivity (Wildman–Crippen MR) is 123 cm³/mol. The summed E-state index contributed by atoms with van der Waals surface area (Å²) in [4.78, 5) is 0. The minimum absolute atomic E-state index is 0.0932. The van der Waals surface area contributed by atoms with Crippen LogP contribution in [0.3, 0.4) is 0 Å². The summed E-state index contributed by atoms with van der Waals surface area (Å²) >= 11 is 0. The minimum Gasteiger partial charge on any atom is -0.445 e. The molecule has 0 spiro atoms. The van der Waals surface area contributed by atoms with Gasteiger partial charge in [0.15, 0.2) is 11.5 Å². The highest BCUT2D eigenvalue weighted by atomic mass is 31.1. The molecule has 0 fully saturated rings. The van der Waals surface area contributed by atoms with Crippen molar-refractivity contribution in [1.82, 2.24) is 0 Å². The van der Waals surface area contributed by atoms with Gasteiger partial charge in [-0.3, -0.25) is 0 Å². The second kappa shape index (κ2) is 9.17. The lowest BCUT2D eigenvalue weighted by Gasteiger charge is -2.30. The van der Waals surface area contributed by atoms with E-state index in [1.807, 2.05) is 41.5 Å². The van der Waals surface area contributed by atoms with E-state index in [2.05, 4.69) is 53.7 Å². The molecule has 0 heterocycles. The van der Waals surface area contributed by atoms with Crippen LogP contribution >= 0.6 is 18.1 Å². The van der Waals surface area contributed by atoms with Gasteiger partial charge < -0.3 is 18.1 Å². The van der Waals surface area contributed by atoms with Crippen molar-refractivity contribution in [2.45, 2.75) is 105 Å². The second-order valence-corrected chi connectivity index (χ2v) is 12.3. The Morgan fingerprint density at radius 3 is 1.04 bits per heavy atom. The van der Waals surface area contributed by atoms with Gasteiger partial charge in [0.05, 0.1) is 11.2 Å². The predicted octanol–water partition coefficient (Wildman–Crippen LogP) is 7.69. The van der Waals surface area contributed by atoms with Crippen LogP contribution in [0.1, 0.15) is 94.2 Å². The topological polar surface area (TPSA) is 36.9 Å². The van der Waals surface area contributed by atoms with Crippen LogP contribution in [-0.2, 0) is 19.9 Å². The zero-order valence-corrected chi connectivity index (χ0v) is 21.8. The first-order chi connectivity index (χ1) is 12.4. The van der Waals surface area contributed by atoms with Crippen LogP contribution < -0.4 is 9.05 Å². The Bertz CT molecular complexity index is 588. The molecule has 0 aromatic heterocycles. The summed E-state index contributed by atoms with van der Waals surface area (Å²) in [5.74, 6) is 1.51. The van der Waals surface area contributed by atoms with Gasteiger partial charge in [-0.05, 0) is 52.4 Å². The highest BCUT2D eigenvalue weighted by Gasteiger charge is 2.30. The molecule has 0 saturated carbocycles. The van der Waals surface area contributed by atoms with E-state index in [-0.39, 0.29) is 40.1 Å². The van der Waals surface area contributed by atoms with Crippen molar-refractivity contribution >= 4 is 18.1 Å². The van der Waals surface area contributed by atoms with Gasteiger partial charge in [-0.15, -0.1) is 0 Å². The molecule has 0 aliphatic heterocycles. The third-order valence-corrected chi connectivity index (χ3v) is 5.68. The van der Waals surface area contributed by atoms with E-state index in [4.69, 9.17) is 18.1 Å². The summed E-state index contributed by atoms with van der Waals surface area (Å²) < 4.78 is 24.2. The van der Waals surface area contributed by atoms with Crippen molar-refractivity contribution in [3.8, 4) is 11.5 Å². The van der Waals surface area contributed by atoms with Gasteiger partial charge in [-0.1, -0.05) is 53.7 Å². The van der Waals surface area contributed by atoms with Crippen LogP contribution in [0.4, 0.5) is 0 Å². The van der Waals surface area contributed by atoms with E-state index >= 15 is 0 Å². The molecule has 0 aliphatic carbocycles. The molecule has 0 N–H and O–H groups in total. The molecule has 4 nitrogen and oxygen atoms in total. The lowest BCUT2D eigenvalue weighted by Crippen LogP contribution is -2.19. The summed E-state index contributed by atoms with van der Waals surface area (Å²) in [5.41, 5.74) is 1.48. The fourth-order valence-electron chi connectivity index (χ4n) is 2.32. The Kier molecular flexibility index (Phi) is 8.40. The van der Waals surface area contributed by atoms with Gasteiger partial charge in [0.1, 0.15) is 0 Å². The van der Waals surface area contributed by atoms with Gasteiger partial charge in [0.25, 0.3) is 0 Å². The van der Waals surface area contributed by atoms with Gasteiger partial charge >= 0.3 is 0 Å². The fourth-order valence-corrected chi connectivity index (χ4v) is 3.48. The third kappa shape index (κ3) is 8.54. The van der Waals surface area contributed by atoms with E-state index in [1.54, 1.807) is 0 Å². The van der Waals surface area contributed by atoms with E-state index in [9.17, 15) is 0 Å².